The van der Waals surface area contributed by atoms with Crippen LogP contribution in [0.1, 0.15) is 5.69 Å². The first-order valence-electron chi connectivity index (χ1n) is 6.88. The van der Waals surface area contributed by atoms with E-state index in [2.05, 4.69) is 15.6 Å². The molecule has 2 aromatic rings. The molecule has 0 spiro atoms. The summed E-state index contributed by atoms with van der Waals surface area (Å²) in [5, 5.41) is 5.99. The molecule has 3 rings (SSSR count). The fourth-order valence-electron chi connectivity index (χ4n) is 2.17. The van der Waals surface area contributed by atoms with Crippen molar-refractivity contribution in [2.45, 2.75) is 13.0 Å². The SMILES string of the molecule is Cc1coc(-c2cccc(NC(=O)C3CNCCO3)c2)n1.Cl. The van der Waals surface area contributed by atoms with E-state index in [0.29, 0.717) is 24.7 Å². The van der Waals surface area contributed by atoms with Crippen molar-refractivity contribution in [1.82, 2.24) is 10.3 Å². The summed E-state index contributed by atoms with van der Waals surface area (Å²) in [5.41, 5.74) is 2.34. The Balaban J connectivity index is 0.00000176. The summed E-state index contributed by atoms with van der Waals surface area (Å²) in [6.07, 6.45) is 1.15. The number of rotatable bonds is 3. The molecule has 1 aromatic carbocycles. The minimum absolute atomic E-state index is 0. The van der Waals surface area contributed by atoms with Gasteiger partial charge in [-0.05, 0) is 25.1 Å². The van der Waals surface area contributed by atoms with Crippen LogP contribution in [0.3, 0.4) is 0 Å². The highest BCUT2D eigenvalue weighted by molar-refractivity contribution is 5.94. The van der Waals surface area contributed by atoms with Gasteiger partial charge in [0.25, 0.3) is 5.91 Å². The molecule has 2 N–H and O–H groups in total. The highest BCUT2D eigenvalue weighted by Gasteiger charge is 2.21. The number of ether oxygens (including phenoxy) is 1. The first-order chi connectivity index (χ1) is 10.2. The van der Waals surface area contributed by atoms with E-state index >= 15 is 0 Å². The van der Waals surface area contributed by atoms with Crippen molar-refractivity contribution < 1.29 is 13.9 Å². The summed E-state index contributed by atoms with van der Waals surface area (Å²) in [6.45, 7) is 3.73. The molecule has 6 nitrogen and oxygen atoms in total. The molecule has 1 aliphatic rings. The lowest BCUT2D eigenvalue weighted by Gasteiger charge is -2.22. The minimum Gasteiger partial charge on any atom is -0.444 e. The summed E-state index contributed by atoms with van der Waals surface area (Å²) < 4.78 is 10.8. The van der Waals surface area contributed by atoms with E-state index in [4.69, 9.17) is 9.15 Å². The Hall–Kier alpha value is -1.89. The van der Waals surface area contributed by atoms with Crippen molar-refractivity contribution in [3.63, 3.8) is 0 Å². The Labute approximate surface area is 134 Å². The fourth-order valence-corrected chi connectivity index (χ4v) is 2.17. The van der Waals surface area contributed by atoms with E-state index in [1.54, 1.807) is 6.26 Å². The third kappa shape index (κ3) is 3.85. The highest BCUT2D eigenvalue weighted by atomic mass is 35.5. The van der Waals surface area contributed by atoms with E-state index in [1.807, 2.05) is 31.2 Å². The van der Waals surface area contributed by atoms with Gasteiger partial charge in [-0.15, -0.1) is 12.4 Å². The van der Waals surface area contributed by atoms with E-state index in [-0.39, 0.29) is 18.3 Å². The molecular weight excluding hydrogens is 306 g/mol. The number of nitrogens with zero attached hydrogens (tertiary/aromatic N) is 1. The number of amides is 1. The van der Waals surface area contributed by atoms with Crippen LogP contribution in [-0.4, -0.2) is 36.7 Å². The quantitative estimate of drug-likeness (QED) is 0.903. The summed E-state index contributed by atoms with van der Waals surface area (Å²) >= 11 is 0. The van der Waals surface area contributed by atoms with E-state index in [0.717, 1.165) is 17.8 Å². The maximum Gasteiger partial charge on any atom is 0.254 e. The lowest BCUT2D eigenvalue weighted by atomic mass is 10.2. The maximum absolute atomic E-state index is 12.1. The summed E-state index contributed by atoms with van der Waals surface area (Å²) in [4.78, 5) is 16.4. The number of hydrogen-bond donors (Lipinski definition) is 2. The second-order valence-electron chi connectivity index (χ2n) is 4.93. The number of benzene rings is 1. The van der Waals surface area contributed by atoms with Gasteiger partial charge in [0, 0.05) is 24.3 Å². The molecule has 1 fully saturated rings. The lowest BCUT2D eigenvalue weighted by Crippen LogP contribution is -2.45. The smallest absolute Gasteiger partial charge is 0.254 e. The van der Waals surface area contributed by atoms with E-state index in [9.17, 15) is 4.79 Å². The van der Waals surface area contributed by atoms with Crippen LogP contribution in [0.4, 0.5) is 5.69 Å². The van der Waals surface area contributed by atoms with Crippen molar-refractivity contribution in [3.8, 4) is 11.5 Å². The van der Waals surface area contributed by atoms with Crippen LogP contribution >= 0.6 is 12.4 Å². The highest BCUT2D eigenvalue weighted by Crippen LogP contribution is 2.22. The lowest BCUT2D eigenvalue weighted by molar-refractivity contribution is -0.128. The fraction of sp³-hybridized carbons (Fsp3) is 0.333. The van der Waals surface area contributed by atoms with Crippen molar-refractivity contribution >= 4 is 24.0 Å². The van der Waals surface area contributed by atoms with Crippen LogP contribution < -0.4 is 10.6 Å². The number of hydrogen-bond acceptors (Lipinski definition) is 5. The monoisotopic (exact) mass is 323 g/mol. The summed E-state index contributed by atoms with van der Waals surface area (Å²) in [6, 6.07) is 7.40. The molecule has 1 amide bonds. The summed E-state index contributed by atoms with van der Waals surface area (Å²) in [5.74, 6) is 0.391. The van der Waals surface area contributed by atoms with Gasteiger partial charge >= 0.3 is 0 Å². The molecule has 7 heteroatoms. The molecule has 1 aromatic heterocycles. The second-order valence-corrected chi connectivity index (χ2v) is 4.93. The van der Waals surface area contributed by atoms with Crippen molar-refractivity contribution in [1.29, 1.82) is 0 Å². The molecule has 0 bridgehead atoms. The zero-order chi connectivity index (χ0) is 14.7. The van der Waals surface area contributed by atoms with Gasteiger partial charge in [0.05, 0.1) is 12.3 Å². The molecule has 1 aliphatic heterocycles. The van der Waals surface area contributed by atoms with Crippen LogP contribution in [0.2, 0.25) is 0 Å². The number of carbonyl (C=O) groups excluding carboxylic acids is 1. The molecule has 118 valence electrons. The molecule has 0 saturated carbocycles. The van der Waals surface area contributed by atoms with Crippen molar-refractivity contribution in [3.05, 3.63) is 36.2 Å². The molecule has 2 heterocycles. The van der Waals surface area contributed by atoms with Gasteiger partial charge in [-0.25, -0.2) is 4.98 Å². The minimum atomic E-state index is -0.452. The maximum atomic E-state index is 12.1. The third-order valence-electron chi connectivity index (χ3n) is 3.22. The van der Waals surface area contributed by atoms with Gasteiger partial charge in [0.1, 0.15) is 12.4 Å². The number of oxazole rings is 1. The Morgan fingerprint density at radius 1 is 1.45 bits per heavy atom. The Morgan fingerprint density at radius 3 is 3.00 bits per heavy atom. The number of aromatic nitrogens is 1. The molecule has 0 aliphatic carbocycles. The Bertz CT molecular complexity index is 638. The first-order valence-corrected chi connectivity index (χ1v) is 6.88. The van der Waals surface area contributed by atoms with Gasteiger partial charge in [-0.2, -0.15) is 0 Å². The standard InChI is InChI=1S/C15H17N3O3.ClH/c1-10-9-21-15(17-10)11-3-2-4-12(7-11)18-14(19)13-8-16-5-6-20-13;/h2-4,7,9,13,16H,5-6,8H2,1H3,(H,18,19);1H. The van der Waals surface area contributed by atoms with Gasteiger partial charge in [0.15, 0.2) is 0 Å². The van der Waals surface area contributed by atoms with Gasteiger partial charge < -0.3 is 19.8 Å². The second kappa shape index (κ2) is 7.40. The third-order valence-corrected chi connectivity index (χ3v) is 3.22. The molecular formula is C15H18ClN3O3. The van der Waals surface area contributed by atoms with Crippen molar-refractivity contribution in [2.75, 3.05) is 25.0 Å². The Kier molecular flexibility index (Phi) is 5.54. The number of carbonyl (C=O) groups is 1. The average Bonchev–Trinajstić information content (AvgIpc) is 2.95. The van der Waals surface area contributed by atoms with Gasteiger partial charge in [0.2, 0.25) is 5.89 Å². The van der Waals surface area contributed by atoms with Crippen LogP contribution in [0, 0.1) is 6.92 Å². The van der Waals surface area contributed by atoms with Crippen LogP contribution in [-0.2, 0) is 9.53 Å². The first kappa shape index (κ1) is 16.5. The van der Waals surface area contributed by atoms with E-state index in [1.165, 1.54) is 0 Å². The summed E-state index contributed by atoms with van der Waals surface area (Å²) in [7, 11) is 0. The van der Waals surface area contributed by atoms with Crippen LogP contribution in [0.5, 0.6) is 0 Å². The van der Waals surface area contributed by atoms with E-state index < -0.39 is 6.10 Å². The molecule has 1 unspecified atom stereocenters. The molecule has 22 heavy (non-hydrogen) atoms. The molecule has 1 saturated heterocycles. The number of morpholine rings is 1. The zero-order valence-electron chi connectivity index (χ0n) is 12.2. The van der Waals surface area contributed by atoms with Crippen LogP contribution in [0.15, 0.2) is 34.9 Å². The normalized spacial score (nSPS) is 17.6. The zero-order valence-corrected chi connectivity index (χ0v) is 13.0. The number of nitrogens with one attached hydrogen (secondary N) is 2. The number of halogens is 1. The van der Waals surface area contributed by atoms with Gasteiger partial charge in [-0.3, -0.25) is 4.79 Å². The predicted octanol–water partition coefficient (Wildman–Crippen LogP) is 2.00. The van der Waals surface area contributed by atoms with Gasteiger partial charge in [-0.1, -0.05) is 6.07 Å². The van der Waals surface area contributed by atoms with Crippen LogP contribution in [0.25, 0.3) is 11.5 Å². The average molecular weight is 324 g/mol. The predicted molar refractivity (Wildman–Crippen MR) is 85.2 cm³/mol. The Morgan fingerprint density at radius 2 is 2.32 bits per heavy atom. The topological polar surface area (TPSA) is 76.4 Å². The largest absolute Gasteiger partial charge is 0.444 e. The van der Waals surface area contributed by atoms with Crippen molar-refractivity contribution in [2.24, 2.45) is 0 Å². The number of aryl methyl sites for hydroxylation is 1. The molecule has 0 radical (unpaired) electrons. The number of anilines is 1. The molecule has 1 atom stereocenters.